The maximum atomic E-state index is 11.4. The normalized spacial score (nSPS) is 14.2. The summed E-state index contributed by atoms with van der Waals surface area (Å²) in [4.78, 5) is 10.6. The second kappa shape index (κ2) is 6.31. The monoisotopic (exact) mass is 280 g/mol. The molecular formula is C11H22NO5S+. The van der Waals surface area contributed by atoms with Crippen molar-refractivity contribution in [3.63, 3.8) is 0 Å². The molecule has 0 heterocycles. The molecule has 0 fully saturated rings. The van der Waals surface area contributed by atoms with Crippen molar-refractivity contribution < 1.29 is 27.4 Å². The number of carboxylic acid groups (broad SMARTS) is 1. The fourth-order valence-electron chi connectivity index (χ4n) is 1.98. The van der Waals surface area contributed by atoms with Crippen LogP contribution in [0.15, 0.2) is 12.2 Å². The van der Waals surface area contributed by atoms with Gasteiger partial charge in [-0.1, -0.05) is 13.5 Å². The number of hydrogen-bond donors (Lipinski definition) is 2. The lowest BCUT2D eigenvalue weighted by molar-refractivity contribution is -0.901. The predicted octanol–water partition coefficient (Wildman–Crippen LogP) is 1.11. The number of quaternary nitrogens is 1. The maximum Gasteiger partial charge on any atom is 0.330 e. The van der Waals surface area contributed by atoms with Crippen LogP contribution >= 0.6 is 0 Å². The Balaban J connectivity index is 4.94. The van der Waals surface area contributed by atoms with Gasteiger partial charge in [0, 0.05) is 12.0 Å². The zero-order chi connectivity index (χ0) is 14.6. The first-order valence-corrected chi connectivity index (χ1v) is 7.22. The summed E-state index contributed by atoms with van der Waals surface area (Å²) in [5, 5.41) is 7.65. The lowest BCUT2D eigenvalue weighted by atomic mass is 10.1. The second-order valence-corrected chi connectivity index (χ2v) is 6.49. The van der Waals surface area contributed by atoms with Crippen LogP contribution in [-0.2, 0) is 14.9 Å². The Morgan fingerprint density at radius 1 is 1.39 bits per heavy atom. The molecule has 0 amide bonds. The van der Waals surface area contributed by atoms with Crippen LogP contribution in [0.1, 0.15) is 26.2 Å². The molecule has 0 rings (SSSR count). The lowest BCUT2D eigenvalue weighted by Gasteiger charge is -2.35. The van der Waals surface area contributed by atoms with E-state index in [1.54, 1.807) is 14.1 Å². The van der Waals surface area contributed by atoms with Crippen LogP contribution < -0.4 is 0 Å². The zero-order valence-corrected chi connectivity index (χ0v) is 11.9. The van der Waals surface area contributed by atoms with Crippen LogP contribution in [0.4, 0.5) is 0 Å². The zero-order valence-electron chi connectivity index (χ0n) is 11.1. The van der Waals surface area contributed by atoms with E-state index in [0.717, 1.165) is 6.42 Å². The van der Waals surface area contributed by atoms with Gasteiger partial charge in [-0.2, -0.15) is 8.42 Å². The molecule has 1 atom stereocenters. The van der Waals surface area contributed by atoms with Crippen LogP contribution in [0.5, 0.6) is 0 Å². The van der Waals surface area contributed by atoms with Crippen LogP contribution in [0.2, 0.25) is 0 Å². The van der Waals surface area contributed by atoms with Crippen LogP contribution in [-0.4, -0.2) is 54.5 Å². The fourth-order valence-corrected chi connectivity index (χ4v) is 3.23. The third kappa shape index (κ3) is 5.16. The standard InChI is InChI=1S/C11H21NO5S/c1-5-8-12(3,4)10(18(15,16)17)7-6-9(2)11(13)14/h10H,2,5-8H2,1,3-4H3,(H-,13,14,15,16,17)/p+1. The van der Waals surface area contributed by atoms with Gasteiger partial charge in [-0.25, -0.2) is 4.79 Å². The summed E-state index contributed by atoms with van der Waals surface area (Å²) in [6, 6.07) is 0. The van der Waals surface area contributed by atoms with Gasteiger partial charge < -0.3 is 9.59 Å². The van der Waals surface area contributed by atoms with Gasteiger partial charge in [0.05, 0.1) is 20.6 Å². The van der Waals surface area contributed by atoms with Crippen molar-refractivity contribution in [2.75, 3.05) is 20.6 Å². The molecule has 1 unspecified atom stereocenters. The van der Waals surface area contributed by atoms with Crippen molar-refractivity contribution in [3.8, 4) is 0 Å². The van der Waals surface area contributed by atoms with E-state index in [9.17, 15) is 17.8 Å². The Bertz CT molecular complexity index is 413. The smallest absolute Gasteiger partial charge is 0.330 e. The Labute approximate surface area is 108 Å². The Hall–Kier alpha value is -0.920. The van der Waals surface area contributed by atoms with Crippen molar-refractivity contribution in [1.29, 1.82) is 0 Å². The van der Waals surface area contributed by atoms with E-state index in [4.69, 9.17) is 5.11 Å². The molecule has 0 aliphatic heterocycles. The minimum absolute atomic E-state index is 0.0329. The average Bonchev–Trinajstić information content (AvgIpc) is 2.14. The van der Waals surface area contributed by atoms with E-state index < -0.39 is 21.5 Å². The molecule has 0 aromatic heterocycles. The molecule has 0 saturated carbocycles. The maximum absolute atomic E-state index is 11.4. The molecular weight excluding hydrogens is 258 g/mol. The molecule has 7 heteroatoms. The second-order valence-electron chi connectivity index (χ2n) is 4.92. The van der Waals surface area contributed by atoms with Gasteiger partial charge in [-0.05, 0) is 12.8 Å². The highest BCUT2D eigenvalue weighted by Crippen LogP contribution is 2.20. The van der Waals surface area contributed by atoms with Gasteiger partial charge in [-0.15, -0.1) is 0 Å². The third-order valence-corrected chi connectivity index (χ3v) is 4.41. The van der Waals surface area contributed by atoms with Gasteiger partial charge in [-0.3, -0.25) is 4.55 Å². The third-order valence-electron chi connectivity index (χ3n) is 2.92. The Morgan fingerprint density at radius 2 is 1.89 bits per heavy atom. The van der Waals surface area contributed by atoms with E-state index in [2.05, 4.69) is 6.58 Å². The highest BCUT2D eigenvalue weighted by atomic mass is 32.2. The van der Waals surface area contributed by atoms with E-state index in [-0.39, 0.29) is 22.9 Å². The molecule has 0 bridgehead atoms. The van der Waals surface area contributed by atoms with Crippen molar-refractivity contribution in [2.45, 2.75) is 31.6 Å². The number of hydrogen-bond acceptors (Lipinski definition) is 3. The van der Waals surface area contributed by atoms with E-state index in [0.29, 0.717) is 6.54 Å². The van der Waals surface area contributed by atoms with Crippen LogP contribution in [0.3, 0.4) is 0 Å². The highest BCUT2D eigenvalue weighted by Gasteiger charge is 2.38. The Kier molecular flexibility index (Phi) is 5.98. The first-order valence-electron chi connectivity index (χ1n) is 5.72. The summed E-state index contributed by atoms with van der Waals surface area (Å²) in [5.74, 6) is -1.15. The molecule has 0 aromatic rings. The van der Waals surface area contributed by atoms with Crippen molar-refractivity contribution in [2.24, 2.45) is 0 Å². The highest BCUT2D eigenvalue weighted by molar-refractivity contribution is 7.86. The summed E-state index contributed by atoms with van der Waals surface area (Å²) in [6.07, 6.45) is 0.834. The molecule has 0 aliphatic rings. The molecule has 106 valence electrons. The number of rotatable bonds is 8. The van der Waals surface area contributed by atoms with Gasteiger partial charge in [0.15, 0.2) is 0 Å². The largest absolute Gasteiger partial charge is 0.478 e. The SMILES string of the molecule is C=C(CCC([N+](C)(C)CCC)S(=O)(=O)O)C(=O)O. The number of nitrogens with zero attached hydrogens (tertiary/aromatic N) is 1. The van der Waals surface area contributed by atoms with Crippen molar-refractivity contribution in [1.82, 2.24) is 0 Å². The summed E-state index contributed by atoms with van der Waals surface area (Å²) in [6.45, 7) is 5.84. The van der Waals surface area contributed by atoms with Crippen LogP contribution in [0.25, 0.3) is 0 Å². The first kappa shape index (κ1) is 17.1. The molecule has 6 nitrogen and oxygen atoms in total. The summed E-state index contributed by atoms with van der Waals surface area (Å²) in [5.41, 5.74) is -0.0554. The molecule has 0 aromatic carbocycles. The first-order chi connectivity index (χ1) is 8.02. The quantitative estimate of drug-likeness (QED) is 0.395. The van der Waals surface area contributed by atoms with Gasteiger partial charge in [0.25, 0.3) is 0 Å². The fraction of sp³-hybridized carbons (Fsp3) is 0.727. The predicted molar refractivity (Wildman–Crippen MR) is 68.6 cm³/mol. The molecule has 0 spiro atoms. The van der Waals surface area contributed by atoms with Gasteiger partial charge >= 0.3 is 16.1 Å². The van der Waals surface area contributed by atoms with Gasteiger partial charge in [0.1, 0.15) is 0 Å². The number of aliphatic carboxylic acids is 1. The lowest BCUT2D eigenvalue weighted by Crippen LogP contribution is -2.53. The number of carboxylic acids is 1. The average molecular weight is 280 g/mol. The molecule has 18 heavy (non-hydrogen) atoms. The van der Waals surface area contributed by atoms with E-state index in [1.165, 1.54) is 0 Å². The Morgan fingerprint density at radius 3 is 2.22 bits per heavy atom. The molecule has 2 N–H and O–H groups in total. The van der Waals surface area contributed by atoms with E-state index >= 15 is 0 Å². The van der Waals surface area contributed by atoms with Gasteiger partial charge in [0.2, 0.25) is 5.37 Å². The number of carbonyl (C=O) groups is 1. The topological polar surface area (TPSA) is 91.7 Å². The summed E-state index contributed by atoms with van der Waals surface area (Å²) >= 11 is 0. The van der Waals surface area contributed by atoms with Crippen LogP contribution in [0, 0.1) is 0 Å². The summed E-state index contributed by atoms with van der Waals surface area (Å²) in [7, 11) is -0.828. The minimum Gasteiger partial charge on any atom is -0.478 e. The minimum atomic E-state index is -4.23. The molecule has 0 saturated heterocycles. The summed E-state index contributed by atoms with van der Waals surface area (Å²) < 4.78 is 32.2. The molecule has 0 radical (unpaired) electrons. The van der Waals surface area contributed by atoms with Crippen molar-refractivity contribution in [3.05, 3.63) is 12.2 Å². The van der Waals surface area contributed by atoms with E-state index in [1.807, 2.05) is 6.92 Å². The van der Waals surface area contributed by atoms with Crippen molar-refractivity contribution >= 4 is 16.1 Å². The molecule has 0 aliphatic carbocycles.